The molecule has 9 nitrogen and oxygen atoms in total. The number of imidazole rings is 1. The molecule has 3 aromatic rings. The smallest absolute Gasteiger partial charge is 0.291 e. The Labute approximate surface area is 198 Å². The first-order valence-corrected chi connectivity index (χ1v) is 10.2. The average Bonchev–Trinajstić information content (AvgIpc) is 3.19. The SMILES string of the molecule is Cn1c(-c2ccc(OCC#N)c(F)c2F)cnc1C(=O)Nc1ccc(C(=O)NCCN)c(Cl)c1. The molecule has 2 aromatic carbocycles. The van der Waals surface area contributed by atoms with Crippen molar-refractivity contribution >= 4 is 29.1 Å². The molecule has 34 heavy (non-hydrogen) atoms. The maximum Gasteiger partial charge on any atom is 0.291 e. The molecule has 3 rings (SSSR count). The van der Waals surface area contributed by atoms with Gasteiger partial charge in [0.15, 0.2) is 24.0 Å². The predicted octanol–water partition coefficient (Wildman–Crippen LogP) is 2.86. The van der Waals surface area contributed by atoms with E-state index in [1.807, 2.05) is 0 Å². The summed E-state index contributed by atoms with van der Waals surface area (Å²) < 4.78 is 35.0. The number of aromatic nitrogens is 2. The fraction of sp³-hybridized carbons (Fsp3) is 0.182. The second-order valence-corrected chi connectivity index (χ2v) is 7.31. The quantitative estimate of drug-likeness (QED) is 0.446. The Morgan fingerprint density at radius 2 is 2.00 bits per heavy atom. The fourth-order valence-electron chi connectivity index (χ4n) is 3.07. The van der Waals surface area contributed by atoms with Gasteiger partial charge in [0.1, 0.15) is 6.07 Å². The van der Waals surface area contributed by atoms with Crippen LogP contribution in [-0.2, 0) is 7.05 Å². The summed E-state index contributed by atoms with van der Waals surface area (Å²) in [6.45, 7) is 0.128. The summed E-state index contributed by atoms with van der Waals surface area (Å²) in [5.41, 5.74) is 5.86. The Morgan fingerprint density at radius 1 is 1.24 bits per heavy atom. The number of amides is 2. The zero-order chi connectivity index (χ0) is 24.8. The third-order valence-electron chi connectivity index (χ3n) is 4.71. The van der Waals surface area contributed by atoms with Crippen molar-refractivity contribution in [2.24, 2.45) is 12.8 Å². The van der Waals surface area contributed by atoms with Gasteiger partial charge in [-0.3, -0.25) is 9.59 Å². The van der Waals surface area contributed by atoms with Crippen LogP contribution >= 0.6 is 11.6 Å². The van der Waals surface area contributed by atoms with Gasteiger partial charge in [-0.2, -0.15) is 9.65 Å². The first-order valence-electron chi connectivity index (χ1n) is 9.87. The van der Waals surface area contributed by atoms with Crippen LogP contribution in [0.25, 0.3) is 11.3 Å². The molecule has 0 unspecified atom stereocenters. The van der Waals surface area contributed by atoms with Crippen LogP contribution in [0.5, 0.6) is 5.75 Å². The van der Waals surface area contributed by atoms with Crippen molar-refractivity contribution in [2.45, 2.75) is 0 Å². The van der Waals surface area contributed by atoms with E-state index in [9.17, 15) is 18.4 Å². The monoisotopic (exact) mass is 488 g/mol. The summed E-state index contributed by atoms with van der Waals surface area (Å²) in [7, 11) is 1.46. The zero-order valence-corrected chi connectivity index (χ0v) is 18.6. The Hall–Kier alpha value is -4.01. The van der Waals surface area contributed by atoms with Crippen LogP contribution in [-0.4, -0.2) is 41.1 Å². The van der Waals surface area contributed by atoms with Crippen LogP contribution in [0.3, 0.4) is 0 Å². The van der Waals surface area contributed by atoms with Crippen molar-refractivity contribution in [3.8, 4) is 23.1 Å². The normalized spacial score (nSPS) is 10.5. The van der Waals surface area contributed by atoms with Gasteiger partial charge in [-0.25, -0.2) is 9.37 Å². The number of nitrogens with one attached hydrogen (secondary N) is 2. The second-order valence-electron chi connectivity index (χ2n) is 6.91. The third-order valence-corrected chi connectivity index (χ3v) is 5.02. The van der Waals surface area contributed by atoms with Gasteiger partial charge in [-0.1, -0.05) is 11.6 Å². The largest absolute Gasteiger partial charge is 0.476 e. The standard InChI is InChI=1S/C22H19ClF2N6O3/c1-31-16(14-4-5-17(34-9-7-27)19(25)18(14)24)11-29-20(31)22(33)30-12-2-3-13(15(23)10-12)21(32)28-8-6-26/h2-5,10-11H,6,8-9,26H2,1H3,(H,28,32)(H,30,33). The molecule has 2 amide bonds. The number of carbonyl (C=O) groups is 2. The van der Waals surface area contributed by atoms with Gasteiger partial charge in [0.25, 0.3) is 11.8 Å². The highest BCUT2D eigenvalue weighted by Crippen LogP contribution is 2.30. The minimum atomic E-state index is -1.26. The number of benzene rings is 2. The molecule has 0 atom stereocenters. The molecule has 12 heteroatoms. The lowest BCUT2D eigenvalue weighted by Crippen LogP contribution is -2.29. The molecule has 0 aliphatic carbocycles. The van der Waals surface area contributed by atoms with Gasteiger partial charge in [0.05, 0.1) is 22.5 Å². The molecule has 0 fully saturated rings. The highest BCUT2D eigenvalue weighted by Gasteiger charge is 2.22. The lowest BCUT2D eigenvalue weighted by Gasteiger charge is -2.11. The highest BCUT2D eigenvalue weighted by molar-refractivity contribution is 6.34. The number of hydrogen-bond donors (Lipinski definition) is 3. The van der Waals surface area contributed by atoms with Crippen LogP contribution < -0.4 is 21.1 Å². The van der Waals surface area contributed by atoms with E-state index in [0.29, 0.717) is 5.69 Å². The van der Waals surface area contributed by atoms with Crippen molar-refractivity contribution in [3.05, 3.63) is 64.6 Å². The Morgan fingerprint density at radius 3 is 2.68 bits per heavy atom. The number of halogens is 3. The molecule has 0 aliphatic rings. The third kappa shape index (κ3) is 5.14. The van der Waals surface area contributed by atoms with Gasteiger partial charge < -0.3 is 25.7 Å². The summed E-state index contributed by atoms with van der Waals surface area (Å²) in [6.07, 6.45) is 1.22. The minimum Gasteiger partial charge on any atom is -0.476 e. The van der Waals surface area contributed by atoms with Crippen molar-refractivity contribution in [3.63, 3.8) is 0 Å². The lowest BCUT2D eigenvalue weighted by molar-refractivity contribution is 0.0954. The van der Waals surface area contributed by atoms with E-state index in [-0.39, 0.29) is 40.8 Å². The molecule has 0 radical (unpaired) electrons. The summed E-state index contributed by atoms with van der Waals surface area (Å²) in [4.78, 5) is 28.8. The number of rotatable bonds is 8. The second kappa shape index (κ2) is 10.7. The number of anilines is 1. The minimum absolute atomic E-state index is 0.0829. The average molecular weight is 489 g/mol. The van der Waals surface area contributed by atoms with Gasteiger partial charge >= 0.3 is 0 Å². The van der Waals surface area contributed by atoms with Crippen LogP contribution in [0.4, 0.5) is 14.5 Å². The molecule has 1 heterocycles. The zero-order valence-electron chi connectivity index (χ0n) is 17.9. The van der Waals surface area contributed by atoms with E-state index >= 15 is 0 Å². The summed E-state index contributed by atoms with van der Waals surface area (Å²) in [5.74, 6) is -3.99. The number of nitriles is 1. The van der Waals surface area contributed by atoms with E-state index in [0.717, 1.165) is 0 Å². The number of nitrogens with two attached hydrogens (primary N) is 1. The molecule has 0 aliphatic heterocycles. The Bertz CT molecular complexity index is 1290. The molecule has 0 spiro atoms. The molecule has 4 N–H and O–H groups in total. The maximum absolute atomic E-state index is 14.6. The van der Waals surface area contributed by atoms with Crippen LogP contribution in [0, 0.1) is 23.0 Å². The summed E-state index contributed by atoms with van der Waals surface area (Å²) >= 11 is 6.16. The highest BCUT2D eigenvalue weighted by atomic mass is 35.5. The van der Waals surface area contributed by atoms with E-state index < -0.39 is 35.8 Å². The van der Waals surface area contributed by atoms with Crippen LogP contribution in [0.1, 0.15) is 21.0 Å². The Balaban J connectivity index is 1.81. The van der Waals surface area contributed by atoms with Crippen LogP contribution in [0.15, 0.2) is 36.5 Å². The maximum atomic E-state index is 14.6. The van der Waals surface area contributed by atoms with Crippen molar-refractivity contribution in [1.82, 2.24) is 14.9 Å². The van der Waals surface area contributed by atoms with Gasteiger partial charge in [-0.05, 0) is 30.3 Å². The molecule has 176 valence electrons. The van der Waals surface area contributed by atoms with Crippen LogP contribution in [0.2, 0.25) is 5.02 Å². The number of nitrogens with zero attached hydrogens (tertiary/aromatic N) is 3. The Kier molecular flexibility index (Phi) is 7.78. The topological polar surface area (TPSA) is 135 Å². The fourth-order valence-corrected chi connectivity index (χ4v) is 3.33. The first kappa shape index (κ1) is 24.6. The molecule has 0 bridgehead atoms. The van der Waals surface area contributed by atoms with Crippen molar-refractivity contribution in [1.29, 1.82) is 5.26 Å². The van der Waals surface area contributed by atoms with E-state index in [1.165, 1.54) is 48.1 Å². The number of hydrogen-bond acceptors (Lipinski definition) is 6. The number of carbonyl (C=O) groups excluding carboxylic acids is 2. The van der Waals surface area contributed by atoms with Crippen molar-refractivity contribution < 1.29 is 23.1 Å². The molecule has 0 saturated heterocycles. The summed E-state index contributed by atoms with van der Waals surface area (Å²) in [6, 6.07) is 8.45. The van der Waals surface area contributed by atoms with Crippen molar-refractivity contribution in [2.75, 3.05) is 25.0 Å². The van der Waals surface area contributed by atoms with Gasteiger partial charge in [-0.15, -0.1) is 0 Å². The van der Waals surface area contributed by atoms with Gasteiger partial charge in [0.2, 0.25) is 5.82 Å². The first-order chi connectivity index (χ1) is 16.3. The summed E-state index contributed by atoms with van der Waals surface area (Å²) in [5, 5.41) is 13.8. The molecular formula is C22H19ClF2N6O3. The van der Waals surface area contributed by atoms with Gasteiger partial charge in [0, 0.05) is 31.4 Å². The molecular weight excluding hydrogens is 470 g/mol. The predicted molar refractivity (Wildman–Crippen MR) is 120 cm³/mol. The van der Waals surface area contributed by atoms with E-state index in [4.69, 9.17) is 27.3 Å². The lowest BCUT2D eigenvalue weighted by atomic mass is 10.1. The molecule has 1 aromatic heterocycles. The molecule has 0 saturated carbocycles. The number of ether oxygens (including phenoxy) is 1. The van der Waals surface area contributed by atoms with E-state index in [2.05, 4.69) is 15.6 Å². The van der Waals surface area contributed by atoms with E-state index in [1.54, 1.807) is 6.07 Å².